The molecule has 3 aliphatic rings. The first kappa shape index (κ1) is 43.2. The molecule has 0 unspecified atom stereocenters. The number of carbonyl (C=O) groups excluding carboxylic acids is 1. The van der Waals surface area contributed by atoms with E-state index in [2.05, 4.69) is 0 Å². The summed E-state index contributed by atoms with van der Waals surface area (Å²) in [7, 11) is 1.24. The van der Waals surface area contributed by atoms with Crippen LogP contribution in [0.25, 0.3) is 22.3 Å². The van der Waals surface area contributed by atoms with Crippen molar-refractivity contribution in [2.75, 3.05) is 20.3 Å². The van der Waals surface area contributed by atoms with E-state index in [0.29, 0.717) is 0 Å². The first-order valence-corrected chi connectivity index (χ1v) is 17.8. The highest BCUT2D eigenvalue weighted by molar-refractivity contribution is 5.88. The maximum atomic E-state index is 14.2. The summed E-state index contributed by atoms with van der Waals surface area (Å²) in [4.78, 5) is 25.9. The van der Waals surface area contributed by atoms with Crippen LogP contribution in [0, 0.1) is 0 Å². The molecular formula is C36H44O22. The van der Waals surface area contributed by atoms with E-state index in [1.807, 2.05) is 0 Å². The second kappa shape index (κ2) is 17.4. The smallest absolute Gasteiger partial charge is 0.303 e. The van der Waals surface area contributed by atoms with Crippen molar-refractivity contribution in [3.63, 3.8) is 0 Å². The summed E-state index contributed by atoms with van der Waals surface area (Å²) in [6, 6.07) is 5.59. The fourth-order valence-electron chi connectivity index (χ4n) is 6.81. The monoisotopic (exact) mass is 828 g/mol. The van der Waals surface area contributed by atoms with Gasteiger partial charge in [0.1, 0.15) is 77.4 Å². The molecule has 3 aromatic rings. The number of carbonyl (C=O) groups is 1. The molecule has 0 bridgehead atoms. The van der Waals surface area contributed by atoms with Crippen LogP contribution in [0.3, 0.4) is 0 Å². The topological polar surface area (TPSA) is 344 Å². The Morgan fingerprint density at radius 3 is 2.09 bits per heavy atom. The summed E-state index contributed by atoms with van der Waals surface area (Å²) in [6.45, 7) is 0.887. The third-order valence-corrected chi connectivity index (χ3v) is 9.88. The number of hydrogen-bond donors (Lipinski definition) is 11. The van der Waals surface area contributed by atoms with Gasteiger partial charge in [0.05, 0.1) is 26.4 Å². The van der Waals surface area contributed by atoms with Crippen molar-refractivity contribution in [1.82, 2.24) is 0 Å². The Bertz CT molecular complexity index is 1990. The zero-order valence-electron chi connectivity index (χ0n) is 30.9. The highest BCUT2D eigenvalue weighted by Gasteiger charge is 2.53. The lowest BCUT2D eigenvalue weighted by Crippen LogP contribution is -2.65. The summed E-state index contributed by atoms with van der Waals surface area (Å²) >= 11 is 0. The Labute approximate surface area is 327 Å². The van der Waals surface area contributed by atoms with Gasteiger partial charge in [0.15, 0.2) is 42.0 Å². The van der Waals surface area contributed by atoms with Gasteiger partial charge in [-0.25, -0.2) is 0 Å². The van der Waals surface area contributed by atoms with E-state index < -0.39 is 145 Å². The number of aliphatic hydroxyl groups is 8. The second-order valence-corrected chi connectivity index (χ2v) is 13.9. The van der Waals surface area contributed by atoms with Crippen molar-refractivity contribution in [3.05, 3.63) is 40.6 Å². The molecule has 22 nitrogen and oxygen atoms in total. The minimum absolute atomic E-state index is 0.0161. The van der Waals surface area contributed by atoms with E-state index in [1.54, 1.807) is 0 Å². The van der Waals surface area contributed by atoms with Crippen molar-refractivity contribution in [2.45, 2.75) is 106 Å². The summed E-state index contributed by atoms with van der Waals surface area (Å²) < 4.78 is 50.8. The van der Waals surface area contributed by atoms with Crippen molar-refractivity contribution >= 4 is 16.9 Å². The number of aliphatic hydroxyl groups excluding tert-OH is 8. The van der Waals surface area contributed by atoms with E-state index in [-0.39, 0.29) is 22.6 Å². The molecule has 0 aliphatic carbocycles. The number of phenols is 3. The van der Waals surface area contributed by atoms with Crippen LogP contribution in [0.1, 0.15) is 13.8 Å². The summed E-state index contributed by atoms with van der Waals surface area (Å²) in [6.07, 6.45) is -26.4. The van der Waals surface area contributed by atoms with Crippen LogP contribution in [0.2, 0.25) is 0 Å². The molecule has 0 saturated carbocycles. The fraction of sp³-hybridized carbons (Fsp3) is 0.556. The average Bonchev–Trinajstić information content (AvgIpc) is 3.18. The number of phenolic OH excluding ortho intramolecular Hbond substituents is 3. The minimum atomic E-state index is -2.09. The SMILES string of the molecule is COc1cc(-c2oc3cc(O)cc(O)c3c(=O)c2O[C@@H]2O[C@H](CO[C@@H]3O[C@H](CO)[C@@H](O)[C@H](O)[C@H]3O)[C@@H](O)[C@H](O)[C@H]2O[C@@H]2O[C@@H](C)[C@H](OC(C)=O)[C@@H](O)[C@H]2O)ccc1O. The molecule has 6 rings (SSSR count). The van der Waals surface area contributed by atoms with Crippen LogP contribution in [-0.2, 0) is 33.2 Å². The Kier molecular flexibility index (Phi) is 13.0. The number of ether oxygens (including phenoxy) is 8. The minimum Gasteiger partial charge on any atom is -0.508 e. The number of hydrogen-bond acceptors (Lipinski definition) is 22. The lowest BCUT2D eigenvalue weighted by Gasteiger charge is -2.46. The van der Waals surface area contributed by atoms with Crippen molar-refractivity contribution in [2.24, 2.45) is 0 Å². The number of aromatic hydroxyl groups is 3. The fourth-order valence-corrected chi connectivity index (χ4v) is 6.81. The molecule has 4 heterocycles. The van der Waals surface area contributed by atoms with Crippen molar-refractivity contribution < 1.29 is 103 Å². The predicted octanol–water partition coefficient (Wildman–Crippen LogP) is -2.99. The number of fused-ring (bicyclic) bond motifs is 1. The number of rotatable bonds is 11. The van der Waals surface area contributed by atoms with Crippen LogP contribution in [0.5, 0.6) is 28.7 Å². The molecule has 0 amide bonds. The van der Waals surface area contributed by atoms with Gasteiger partial charge in [-0.15, -0.1) is 0 Å². The van der Waals surface area contributed by atoms with Gasteiger partial charge < -0.3 is 98.5 Å². The maximum absolute atomic E-state index is 14.2. The number of esters is 1. The van der Waals surface area contributed by atoms with Gasteiger partial charge in [0, 0.05) is 24.6 Å². The van der Waals surface area contributed by atoms with Gasteiger partial charge in [-0.1, -0.05) is 0 Å². The lowest BCUT2D eigenvalue weighted by atomic mass is 9.97. The van der Waals surface area contributed by atoms with Gasteiger partial charge in [0.25, 0.3) is 0 Å². The normalized spacial score (nSPS) is 35.4. The molecule has 3 saturated heterocycles. The van der Waals surface area contributed by atoms with E-state index in [9.17, 15) is 65.8 Å². The summed E-state index contributed by atoms with van der Waals surface area (Å²) in [5.41, 5.74) is -1.40. The molecule has 58 heavy (non-hydrogen) atoms. The van der Waals surface area contributed by atoms with Gasteiger partial charge in [-0.2, -0.15) is 0 Å². The van der Waals surface area contributed by atoms with E-state index in [4.69, 9.17) is 42.3 Å². The molecule has 22 heteroatoms. The van der Waals surface area contributed by atoms with E-state index in [0.717, 1.165) is 19.1 Å². The van der Waals surface area contributed by atoms with Crippen LogP contribution < -0.4 is 14.9 Å². The highest BCUT2D eigenvalue weighted by Crippen LogP contribution is 2.40. The third-order valence-electron chi connectivity index (χ3n) is 9.88. The zero-order valence-corrected chi connectivity index (χ0v) is 30.9. The molecule has 11 N–H and O–H groups in total. The Hall–Kier alpha value is -4.40. The molecule has 3 fully saturated rings. The Balaban J connectivity index is 1.40. The molecule has 0 spiro atoms. The van der Waals surface area contributed by atoms with Gasteiger partial charge >= 0.3 is 5.97 Å². The average molecular weight is 829 g/mol. The molecule has 3 aliphatic heterocycles. The van der Waals surface area contributed by atoms with Crippen molar-refractivity contribution in [1.29, 1.82) is 0 Å². The largest absolute Gasteiger partial charge is 0.508 e. The standard InChI is InChI=1S/C36H44O22/c1-11-30(53-12(2)38)27(47)29(49)35(52-11)58-33-26(46)23(43)20(10-51-34-28(48)25(45)22(42)19(9-37)55-34)56-36(33)57-32-24(44)21-16(41)7-14(39)8-18(21)54-31(32)13-4-5-15(40)17(6-13)50-3/h4-8,11,19-20,22-23,25-30,33-37,39-43,45-49H,9-10H2,1-3H3/t11-,19+,20+,22+,23+,25-,26-,27-,28+,29+,30-,33+,34+,35-,36-/m0/s1. The van der Waals surface area contributed by atoms with Gasteiger partial charge in [-0.3, -0.25) is 9.59 Å². The number of methoxy groups -OCH3 is 1. The molecule has 320 valence electrons. The van der Waals surface area contributed by atoms with Crippen molar-refractivity contribution in [3.8, 4) is 40.1 Å². The van der Waals surface area contributed by atoms with Crippen LogP contribution in [0.15, 0.2) is 39.5 Å². The molecule has 0 radical (unpaired) electrons. The second-order valence-electron chi connectivity index (χ2n) is 13.9. The third kappa shape index (κ3) is 8.37. The van der Waals surface area contributed by atoms with E-state index >= 15 is 0 Å². The van der Waals surface area contributed by atoms with Gasteiger partial charge in [-0.05, 0) is 25.1 Å². The Morgan fingerprint density at radius 2 is 1.41 bits per heavy atom. The predicted molar refractivity (Wildman–Crippen MR) is 187 cm³/mol. The number of benzene rings is 2. The van der Waals surface area contributed by atoms with Crippen LogP contribution >= 0.6 is 0 Å². The maximum Gasteiger partial charge on any atom is 0.303 e. The lowest BCUT2D eigenvalue weighted by molar-refractivity contribution is -0.360. The quantitative estimate of drug-likeness (QED) is 0.0859. The molecule has 1 aromatic heterocycles. The molecule has 15 atom stereocenters. The molecular weight excluding hydrogens is 784 g/mol. The Morgan fingerprint density at radius 1 is 0.759 bits per heavy atom. The zero-order chi connectivity index (χ0) is 42.3. The summed E-state index contributed by atoms with van der Waals surface area (Å²) in [5.74, 6) is -3.59. The molecule has 2 aromatic carbocycles. The van der Waals surface area contributed by atoms with Gasteiger partial charge in [0.2, 0.25) is 17.5 Å². The first-order chi connectivity index (χ1) is 27.4. The van der Waals surface area contributed by atoms with Crippen LogP contribution in [-0.4, -0.2) is 175 Å². The highest BCUT2D eigenvalue weighted by atomic mass is 16.8. The first-order valence-electron chi connectivity index (χ1n) is 17.8. The van der Waals surface area contributed by atoms with E-state index in [1.165, 1.54) is 32.2 Å². The summed E-state index contributed by atoms with van der Waals surface area (Å²) in [5, 5.41) is 116. The van der Waals surface area contributed by atoms with Crippen LogP contribution in [0.4, 0.5) is 0 Å².